The van der Waals surface area contributed by atoms with E-state index >= 15 is 0 Å². The molecule has 6 nitrogen and oxygen atoms in total. The highest BCUT2D eigenvalue weighted by molar-refractivity contribution is 6.99. The fourth-order valence-corrected chi connectivity index (χ4v) is 5.67. The Balaban J connectivity index is 1.55. The summed E-state index contributed by atoms with van der Waals surface area (Å²) in [5.41, 5.74) is 2.02. The van der Waals surface area contributed by atoms with Gasteiger partial charge in [-0.05, 0) is 12.8 Å². The van der Waals surface area contributed by atoms with Crippen molar-refractivity contribution in [1.29, 1.82) is 0 Å². The third-order valence-electron chi connectivity index (χ3n) is 7.63. The molecule has 1 unspecified atom stereocenters. The minimum Gasteiger partial charge on any atom is -0.475 e. The topological polar surface area (TPSA) is 61.3 Å². The molecule has 0 fully saturated rings. The smallest absolute Gasteiger partial charge is 0.310 e. The predicted molar refractivity (Wildman–Crippen MR) is 159 cm³/mol. The molecule has 0 saturated heterocycles. The molecule has 2 rings (SSSR count). The summed E-state index contributed by atoms with van der Waals surface area (Å²) in [7, 11) is 2.16. The van der Waals surface area contributed by atoms with E-state index in [2.05, 4.69) is 35.7 Å². The van der Waals surface area contributed by atoms with E-state index in [1.165, 1.54) is 102 Å². The number of carbonyl (C=O) groups excluding carboxylic acids is 1. The third-order valence-corrected chi connectivity index (χ3v) is 8.14. The molecule has 0 aliphatic carbocycles. The standard InChI is InChI=1S/C31H56N3O3S/c1-4-6-8-10-11-12-13-14-15-16-17-18-19-23-29(35)37-27-34(3)24-21-22-28(26-34)30-31(33-38-32-30)36-25-20-9-7-5-2/h22H,4-21,23-27H2,1-3H3/q+1. The first-order chi connectivity index (χ1) is 18.6. The summed E-state index contributed by atoms with van der Waals surface area (Å²) in [6, 6.07) is 0. The predicted octanol–water partition coefficient (Wildman–Crippen LogP) is 8.71. The van der Waals surface area contributed by atoms with Crippen LogP contribution >= 0.6 is 11.7 Å². The van der Waals surface area contributed by atoms with Gasteiger partial charge in [-0.15, -0.1) is 4.37 Å². The van der Waals surface area contributed by atoms with E-state index in [0.717, 1.165) is 50.0 Å². The van der Waals surface area contributed by atoms with Crippen molar-refractivity contribution in [3.05, 3.63) is 11.8 Å². The second-order valence-electron chi connectivity index (χ2n) is 11.5. The largest absolute Gasteiger partial charge is 0.475 e. The maximum atomic E-state index is 12.4. The highest BCUT2D eigenvalue weighted by Crippen LogP contribution is 2.30. The normalized spacial score (nSPS) is 17.4. The van der Waals surface area contributed by atoms with E-state index in [4.69, 9.17) is 9.47 Å². The van der Waals surface area contributed by atoms with Gasteiger partial charge in [0, 0.05) is 18.4 Å². The van der Waals surface area contributed by atoms with Crippen molar-refractivity contribution in [2.45, 2.75) is 136 Å². The summed E-state index contributed by atoms with van der Waals surface area (Å²) in [5.74, 6) is 0.598. The molecule has 0 bridgehead atoms. The molecule has 1 aromatic rings. The van der Waals surface area contributed by atoms with Crippen LogP contribution in [0, 0.1) is 0 Å². The van der Waals surface area contributed by atoms with Crippen LogP contribution in [0.15, 0.2) is 6.08 Å². The van der Waals surface area contributed by atoms with Crippen molar-refractivity contribution in [2.75, 3.05) is 33.5 Å². The van der Waals surface area contributed by atoms with Gasteiger partial charge in [0.2, 0.25) is 6.73 Å². The zero-order valence-corrected chi connectivity index (χ0v) is 25.6. The molecule has 1 aliphatic rings. The maximum Gasteiger partial charge on any atom is 0.310 e. The van der Waals surface area contributed by atoms with Gasteiger partial charge in [0.25, 0.3) is 5.88 Å². The maximum absolute atomic E-state index is 12.4. The van der Waals surface area contributed by atoms with E-state index < -0.39 is 0 Å². The van der Waals surface area contributed by atoms with Crippen LogP contribution in [-0.2, 0) is 9.53 Å². The molecule has 0 saturated carbocycles. The summed E-state index contributed by atoms with van der Waals surface area (Å²) in [5, 5.41) is 0. The zero-order valence-electron chi connectivity index (χ0n) is 24.8. The molecule has 0 spiro atoms. The van der Waals surface area contributed by atoms with E-state index in [1.807, 2.05) is 0 Å². The Morgan fingerprint density at radius 2 is 1.42 bits per heavy atom. The SMILES string of the molecule is CCCCCCCCCCCCCCCC(=O)OC[N+]1(C)CCC=C(c2nsnc2OCCCCCC)C1. The second kappa shape index (κ2) is 20.4. The average Bonchev–Trinajstić information content (AvgIpc) is 3.39. The second-order valence-corrected chi connectivity index (χ2v) is 12.0. The first-order valence-electron chi connectivity index (χ1n) is 15.7. The van der Waals surface area contributed by atoms with E-state index in [1.54, 1.807) is 0 Å². The van der Waals surface area contributed by atoms with E-state index in [-0.39, 0.29) is 5.97 Å². The van der Waals surface area contributed by atoms with Crippen molar-refractivity contribution < 1.29 is 18.8 Å². The summed E-state index contributed by atoms with van der Waals surface area (Å²) < 4.78 is 21.3. The summed E-state index contributed by atoms with van der Waals surface area (Å²) in [6.45, 7) is 7.33. The van der Waals surface area contributed by atoms with Gasteiger partial charge in [-0.2, -0.15) is 4.37 Å². The minimum atomic E-state index is -0.0602. The van der Waals surface area contributed by atoms with Crippen molar-refractivity contribution in [2.24, 2.45) is 0 Å². The van der Waals surface area contributed by atoms with Gasteiger partial charge >= 0.3 is 5.97 Å². The van der Waals surface area contributed by atoms with Crippen LogP contribution in [0.3, 0.4) is 0 Å². The number of esters is 1. The van der Waals surface area contributed by atoms with Gasteiger partial charge in [0.05, 0.1) is 31.9 Å². The summed E-state index contributed by atoms with van der Waals surface area (Å²) >= 11 is 1.21. The van der Waals surface area contributed by atoms with Crippen LogP contribution < -0.4 is 4.74 Å². The Morgan fingerprint density at radius 3 is 2.05 bits per heavy atom. The lowest BCUT2D eigenvalue weighted by atomic mass is 10.0. The molecule has 1 aromatic heterocycles. The lowest BCUT2D eigenvalue weighted by molar-refractivity contribution is -0.919. The molecular formula is C31H56N3O3S+. The number of likely N-dealkylation sites (N-methyl/N-ethyl adjacent to an activating group) is 1. The van der Waals surface area contributed by atoms with Crippen molar-refractivity contribution >= 4 is 23.3 Å². The van der Waals surface area contributed by atoms with Crippen LogP contribution in [0.5, 0.6) is 5.88 Å². The molecular weight excluding hydrogens is 494 g/mol. The van der Waals surface area contributed by atoms with Crippen LogP contribution in [0.4, 0.5) is 0 Å². The quantitative estimate of drug-likeness (QED) is 0.0774. The lowest BCUT2D eigenvalue weighted by Crippen LogP contribution is -2.49. The molecule has 0 amide bonds. The monoisotopic (exact) mass is 550 g/mol. The Hall–Kier alpha value is -1.47. The average molecular weight is 551 g/mol. The molecule has 0 N–H and O–H groups in total. The van der Waals surface area contributed by atoms with Gasteiger partial charge < -0.3 is 9.47 Å². The number of aromatic nitrogens is 2. The van der Waals surface area contributed by atoms with Crippen LogP contribution in [-0.4, -0.2) is 52.7 Å². The van der Waals surface area contributed by atoms with Crippen LogP contribution in [0.25, 0.3) is 5.57 Å². The van der Waals surface area contributed by atoms with Gasteiger partial charge in [0.15, 0.2) is 0 Å². The van der Waals surface area contributed by atoms with Crippen LogP contribution in [0.2, 0.25) is 0 Å². The molecule has 7 heteroatoms. The van der Waals surface area contributed by atoms with Gasteiger partial charge in [-0.3, -0.25) is 9.28 Å². The lowest BCUT2D eigenvalue weighted by Gasteiger charge is -2.36. The van der Waals surface area contributed by atoms with Gasteiger partial charge in [-0.25, -0.2) is 0 Å². The Morgan fingerprint density at radius 1 is 0.842 bits per heavy atom. The highest BCUT2D eigenvalue weighted by atomic mass is 32.1. The first kappa shape index (κ1) is 32.7. The number of unbranched alkanes of at least 4 members (excludes halogenated alkanes) is 15. The van der Waals surface area contributed by atoms with Crippen molar-refractivity contribution in [3.8, 4) is 5.88 Å². The molecule has 38 heavy (non-hydrogen) atoms. The number of quaternary nitrogens is 1. The highest BCUT2D eigenvalue weighted by Gasteiger charge is 2.31. The van der Waals surface area contributed by atoms with Crippen molar-refractivity contribution in [1.82, 2.24) is 8.75 Å². The third kappa shape index (κ3) is 14.1. The number of hydrogen-bond donors (Lipinski definition) is 0. The molecule has 218 valence electrons. The molecule has 0 radical (unpaired) electrons. The van der Waals surface area contributed by atoms with E-state index in [9.17, 15) is 4.79 Å². The fourth-order valence-electron chi connectivity index (χ4n) is 5.14. The van der Waals surface area contributed by atoms with Gasteiger partial charge in [0.1, 0.15) is 12.2 Å². The molecule has 0 aromatic carbocycles. The number of nitrogens with zero attached hydrogens (tertiary/aromatic N) is 3. The number of hydrogen-bond acceptors (Lipinski definition) is 6. The molecule has 1 atom stereocenters. The number of rotatable bonds is 23. The number of ether oxygens (including phenoxy) is 2. The Kier molecular flexibility index (Phi) is 17.6. The minimum absolute atomic E-state index is 0.0602. The van der Waals surface area contributed by atoms with Gasteiger partial charge in [-0.1, -0.05) is 116 Å². The van der Waals surface area contributed by atoms with Crippen LogP contribution in [0.1, 0.15) is 142 Å². The van der Waals surface area contributed by atoms with E-state index in [0.29, 0.717) is 30.1 Å². The molecule has 2 heterocycles. The molecule has 1 aliphatic heterocycles. The van der Waals surface area contributed by atoms with Crippen molar-refractivity contribution in [3.63, 3.8) is 0 Å². The zero-order chi connectivity index (χ0) is 27.3. The summed E-state index contributed by atoms with van der Waals surface area (Å²) in [6.07, 6.45) is 25.5. The fraction of sp³-hybridized carbons (Fsp3) is 0.839. The first-order valence-corrected chi connectivity index (χ1v) is 16.4. The Labute approximate surface area is 237 Å². The Bertz CT molecular complexity index is 782. The summed E-state index contributed by atoms with van der Waals surface area (Å²) in [4.78, 5) is 12.4. The number of carbonyl (C=O) groups is 1.